The summed E-state index contributed by atoms with van der Waals surface area (Å²) in [6, 6.07) is 11.6. The van der Waals surface area contributed by atoms with Crippen molar-refractivity contribution in [3.63, 3.8) is 0 Å². The van der Waals surface area contributed by atoms with Gasteiger partial charge in [-0.25, -0.2) is 27.5 Å². The molecule has 2 fully saturated rings. The second-order valence-corrected chi connectivity index (χ2v) is 11.1. The van der Waals surface area contributed by atoms with E-state index in [1.54, 1.807) is 25.8 Å². The lowest BCUT2D eigenvalue weighted by Gasteiger charge is -2.31. The first-order chi connectivity index (χ1) is 20.6. The number of aryl methyl sites for hydroxylation is 1. The third-order valence-electron chi connectivity index (χ3n) is 7.78. The lowest BCUT2D eigenvalue weighted by atomic mass is 10.0. The van der Waals surface area contributed by atoms with Crippen LogP contribution in [-0.4, -0.2) is 53.2 Å². The number of ether oxygens (including phenoxy) is 2. The topological polar surface area (TPSA) is 88.6 Å². The Kier molecular flexibility index (Phi) is 9.28. The first-order valence-corrected chi connectivity index (χ1v) is 14.2. The van der Waals surface area contributed by atoms with Crippen LogP contribution in [-0.2, 0) is 20.8 Å². The molecule has 1 aliphatic carbocycles. The number of carbonyl (C=O) groups excluding carboxylic acids is 1. The second kappa shape index (κ2) is 12.9. The number of hydrogen-bond acceptors (Lipinski definition) is 7. The molecule has 8 nitrogen and oxygen atoms in total. The molecule has 1 aliphatic heterocycles. The maximum atomic E-state index is 15.1. The number of amides is 1. The third-order valence-corrected chi connectivity index (χ3v) is 7.78. The molecule has 3 aromatic rings. The highest BCUT2D eigenvalue weighted by molar-refractivity contribution is 5.84. The molecular weight excluding hydrogens is 566 g/mol. The molecule has 1 amide bonds. The highest BCUT2D eigenvalue weighted by Gasteiger charge is 2.47. The van der Waals surface area contributed by atoms with Gasteiger partial charge in [0, 0.05) is 12.1 Å². The molecule has 0 bridgehead atoms. The SMILES string of the molecule is Cc1nc(N[C@H](C)c2cccc(C(F)F)c2F)c(C2OCCO2)c(C(C(=O)NC2(CF)CC2)N(C)Cc2ccccc2)n1. The van der Waals surface area contributed by atoms with Crippen LogP contribution < -0.4 is 10.6 Å². The molecule has 0 spiro atoms. The molecule has 2 heterocycles. The Bertz CT molecular complexity index is 1430. The highest BCUT2D eigenvalue weighted by Crippen LogP contribution is 2.40. The predicted octanol–water partition coefficient (Wildman–Crippen LogP) is 5.87. The van der Waals surface area contributed by atoms with Gasteiger partial charge in [-0.2, -0.15) is 0 Å². The molecule has 1 aromatic heterocycles. The van der Waals surface area contributed by atoms with Crippen molar-refractivity contribution in [2.24, 2.45) is 0 Å². The monoisotopic (exact) mass is 601 g/mol. The van der Waals surface area contributed by atoms with E-state index < -0.39 is 54.3 Å². The Morgan fingerprint density at radius 1 is 1.07 bits per heavy atom. The zero-order valence-electron chi connectivity index (χ0n) is 24.2. The van der Waals surface area contributed by atoms with Gasteiger partial charge in [0.15, 0.2) is 6.29 Å². The summed E-state index contributed by atoms with van der Waals surface area (Å²) < 4.78 is 67.6. The maximum absolute atomic E-state index is 15.1. The van der Waals surface area contributed by atoms with Gasteiger partial charge in [0.1, 0.15) is 30.2 Å². The number of hydrogen-bond donors (Lipinski definition) is 2. The van der Waals surface area contributed by atoms with Crippen LogP contribution in [0.4, 0.5) is 23.4 Å². The highest BCUT2D eigenvalue weighted by atomic mass is 19.3. The van der Waals surface area contributed by atoms with Crippen LogP contribution in [0.3, 0.4) is 0 Å². The van der Waals surface area contributed by atoms with Crippen molar-refractivity contribution in [2.75, 3.05) is 32.3 Å². The lowest BCUT2D eigenvalue weighted by molar-refractivity contribution is -0.127. The molecular formula is C31H35F4N5O3. The molecule has 1 unspecified atom stereocenters. The zero-order chi connectivity index (χ0) is 30.7. The van der Waals surface area contributed by atoms with E-state index in [0.717, 1.165) is 11.6 Å². The van der Waals surface area contributed by atoms with Gasteiger partial charge in [-0.3, -0.25) is 9.69 Å². The van der Waals surface area contributed by atoms with Gasteiger partial charge in [0.25, 0.3) is 6.43 Å². The number of halogens is 4. The van der Waals surface area contributed by atoms with Gasteiger partial charge in [0.05, 0.1) is 41.6 Å². The van der Waals surface area contributed by atoms with Crippen molar-refractivity contribution in [1.82, 2.24) is 20.2 Å². The number of nitrogens with zero attached hydrogens (tertiary/aromatic N) is 3. The van der Waals surface area contributed by atoms with Crippen molar-refractivity contribution in [3.05, 3.63) is 88.1 Å². The van der Waals surface area contributed by atoms with Gasteiger partial charge >= 0.3 is 0 Å². The molecule has 12 heteroatoms. The number of nitrogens with one attached hydrogen (secondary N) is 2. The van der Waals surface area contributed by atoms with Gasteiger partial charge in [-0.15, -0.1) is 0 Å². The van der Waals surface area contributed by atoms with Crippen molar-refractivity contribution in [3.8, 4) is 0 Å². The van der Waals surface area contributed by atoms with Crippen molar-refractivity contribution >= 4 is 11.7 Å². The van der Waals surface area contributed by atoms with Crippen LogP contribution in [0, 0.1) is 12.7 Å². The molecule has 43 heavy (non-hydrogen) atoms. The standard InChI is InChI=1S/C31H35F4N5O3/c1-18(21-10-7-11-22(24(21)33)27(34)35)36-28-23(30-42-14-15-43-30)25(37-19(2)38-28)26(29(41)39-31(17-32)12-13-31)40(3)16-20-8-5-4-6-9-20/h4-11,18,26-27,30H,12-17H2,1-3H3,(H,39,41)(H,36,37,38)/t18-,26?/m1/s1. The molecule has 0 radical (unpaired) electrons. The number of rotatable bonds is 12. The van der Waals surface area contributed by atoms with E-state index in [-0.39, 0.29) is 30.3 Å². The smallest absolute Gasteiger partial charge is 0.266 e. The van der Waals surface area contributed by atoms with Gasteiger partial charge in [-0.1, -0.05) is 48.5 Å². The molecule has 5 rings (SSSR count). The summed E-state index contributed by atoms with van der Waals surface area (Å²) in [6.45, 7) is 3.49. The van der Waals surface area contributed by atoms with Gasteiger partial charge < -0.3 is 20.1 Å². The molecule has 1 saturated carbocycles. The molecule has 230 valence electrons. The summed E-state index contributed by atoms with van der Waals surface area (Å²) in [6.07, 6.45) is -2.88. The number of aromatic nitrogens is 2. The van der Waals surface area contributed by atoms with Crippen LogP contribution in [0.5, 0.6) is 0 Å². The quantitative estimate of drug-likeness (QED) is 0.251. The number of likely N-dealkylation sites (N-methyl/N-ethyl adjacent to an activating group) is 1. The third kappa shape index (κ3) is 6.81. The van der Waals surface area contributed by atoms with Crippen LogP contribution >= 0.6 is 0 Å². The minimum atomic E-state index is -2.98. The van der Waals surface area contributed by atoms with E-state index in [1.807, 2.05) is 30.3 Å². The fraction of sp³-hybridized carbons (Fsp3) is 0.452. The average molecular weight is 602 g/mol. The molecule has 2 aliphatic rings. The normalized spacial score (nSPS) is 17.7. The minimum absolute atomic E-state index is 0.0175. The van der Waals surface area contributed by atoms with E-state index >= 15 is 4.39 Å². The van der Waals surface area contributed by atoms with E-state index in [0.29, 0.717) is 30.8 Å². The molecule has 2 aromatic carbocycles. The molecule has 2 atom stereocenters. The van der Waals surface area contributed by atoms with Crippen molar-refractivity contribution in [2.45, 2.75) is 63.6 Å². The predicted molar refractivity (Wildman–Crippen MR) is 152 cm³/mol. The summed E-state index contributed by atoms with van der Waals surface area (Å²) in [5.74, 6) is -0.952. The Morgan fingerprint density at radius 2 is 1.74 bits per heavy atom. The maximum Gasteiger partial charge on any atom is 0.266 e. The van der Waals surface area contributed by atoms with E-state index in [2.05, 4.69) is 15.6 Å². The fourth-order valence-corrected chi connectivity index (χ4v) is 5.30. The Morgan fingerprint density at radius 3 is 2.37 bits per heavy atom. The van der Waals surface area contributed by atoms with E-state index in [9.17, 15) is 18.0 Å². The first kappa shape index (κ1) is 30.8. The molecule has 2 N–H and O–H groups in total. The minimum Gasteiger partial charge on any atom is -0.363 e. The van der Waals surface area contributed by atoms with E-state index in [4.69, 9.17) is 14.5 Å². The van der Waals surface area contributed by atoms with Crippen LogP contribution in [0.15, 0.2) is 48.5 Å². The summed E-state index contributed by atoms with van der Waals surface area (Å²) in [4.78, 5) is 25.0. The molecule has 1 saturated heterocycles. The number of alkyl halides is 3. The van der Waals surface area contributed by atoms with Crippen LogP contribution in [0.1, 0.15) is 78.3 Å². The Hall–Kier alpha value is -3.61. The summed E-state index contributed by atoms with van der Waals surface area (Å²) in [7, 11) is 1.77. The summed E-state index contributed by atoms with van der Waals surface area (Å²) >= 11 is 0. The van der Waals surface area contributed by atoms with Crippen molar-refractivity contribution < 1.29 is 31.8 Å². The largest absolute Gasteiger partial charge is 0.363 e. The van der Waals surface area contributed by atoms with Crippen LogP contribution in [0.25, 0.3) is 0 Å². The Labute approximate surface area is 247 Å². The Balaban J connectivity index is 1.58. The van der Waals surface area contributed by atoms with E-state index in [1.165, 1.54) is 12.1 Å². The fourth-order valence-electron chi connectivity index (χ4n) is 5.30. The average Bonchev–Trinajstić information content (AvgIpc) is 3.53. The van der Waals surface area contributed by atoms with Gasteiger partial charge in [-0.05, 0) is 39.3 Å². The summed E-state index contributed by atoms with van der Waals surface area (Å²) in [5.41, 5.74) is -0.0454. The zero-order valence-corrected chi connectivity index (χ0v) is 24.2. The second-order valence-electron chi connectivity index (χ2n) is 11.1. The lowest BCUT2D eigenvalue weighted by Crippen LogP contribution is -2.46. The summed E-state index contributed by atoms with van der Waals surface area (Å²) in [5, 5.41) is 6.03. The first-order valence-electron chi connectivity index (χ1n) is 14.2. The van der Waals surface area contributed by atoms with Crippen LogP contribution in [0.2, 0.25) is 0 Å². The van der Waals surface area contributed by atoms with Crippen molar-refractivity contribution in [1.29, 1.82) is 0 Å². The van der Waals surface area contributed by atoms with Gasteiger partial charge in [0.2, 0.25) is 5.91 Å². The number of anilines is 1. The number of carbonyl (C=O) groups is 1. The number of benzene rings is 2.